The number of ether oxygens (including phenoxy) is 1. The van der Waals surface area contributed by atoms with Crippen molar-refractivity contribution in [1.82, 2.24) is 5.01 Å². The first-order valence-corrected chi connectivity index (χ1v) is 9.31. The molecule has 2 atom stereocenters. The molecule has 3 aromatic rings. The van der Waals surface area contributed by atoms with Gasteiger partial charge in [0.05, 0.1) is 11.8 Å². The van der Waals surface area contributed by atoms with Crippen LogP contribution < -0.4 is 4.74 Å². The van der Waals surface area contributed by atoms with E-state index in [0.717, 1.165) is 22.6 Å². The summed E-state index contributed by atoms with van der Waals surface area (Å²) in [7, 11) is 0. The number of hydrazone groups is 1. The maximum absolute atomic E-state index is 10.2. The topological polar surface area (TPSA) is 65.3 Å². The van der Waals surface area contributed by atoms with Crippen LogP contribution in [0.2, 0.25) is 0 Å². The molecule has 5 rings (SSSR count). The highest BCUT2D eigenvalue weighted by Gasteiger charge is 2.41. The Hall–Kier alpha value is -2.99. The number of thiophene rings is 1. The minimum absolute atomic E-state index is 0.0293. The first-order valence-electron chi connectivity index (χ1n) is 8.36. The van der Waals surface area contributed by atoms with E-state index in [1.165, 1.54) is 12.1 Å². The second-order valence-corrected chi connectivity index (χ2v) is 7.19. The first kappa shape index (κ1) is 15.3. The van der Waals surface area contributed by atoms with Crippen molar-refractivity contribution in [2.45, 2.75) is 18.7 Å². The molecule has 2 N–H and O–H groups in total. The Morgan fingerprint density at radius 2 is 2.00 bits per heavy atom. The van der Waals surface area contributed by atoms with Gasteiger partial charge in [-0.15, -0.1) is 0 Å². The highest BCUT2D eigenvalue weighted by Crippen LogP contribution is 2.48. The maximum Gasteiger partial charge on any atom is 0.214 e. The maximum atomic E-state index is 10.2. The highest BCUT2D eigenvalue weighted by atomic mass is 32.1. The molecule has 0 saturated heterocycles. The van der Waals surface area contributed by atoms with Gasteiger partial charge < -0.3 is 14.9 Å². The fourth-order valence-electron chi connectivity index (χ4n) is 3.59. The number of aromatic hydroxyl groups is 2. The van der Waals surface area contributed by atoms with Crippen molar-refractivity contribution >= 4 is 17.0 Å². The fourth-order valence-corrected chi connectivity index (χ4v) is 4.25. The van der Waals surface area contributed by atoms with Crippen molar-refractivity contribution in [3.05, 3.63) is 76.0 Å². The number of phenols is 2. The van der Waals surface area contributed by atoms with Gasteiger partial charge in [0.1, 0.15) is 17.2 Å². The predicted molar refractivity (Wildman–Crippen MR) is 99.6 cm³/mol. The summed E-state index contributed by atoms with van der Waals surface area (Å²) in [6, 6.07) is 14.6. The van der Waals surface area contributed by atoms with Crippen LogP contribution in [-0.2, 0) is 0 Å². The minimum atomic E-state index is -0.307. The molecule has 0 unspecified atom stereocenters. The van der Waals surface area contributed by atoms with Crippen LogP contribution in [0.3, 0.4) is 0 Å². The number of hydrogen-bond donors (Lipinski definition) is 2. The zero-order chi connectivity index (χ0) is 17.7. The average molecular weight is 364 g/mol. The van der Waals surface area contributed by atoms with Crippen LogP contribution in [0.15, 0.2) is 64.4 Å². The normalized spacial score (nSPS) is 20.9. The van der Waals surface area contributed by atoms with E-state index in [9.17, 15) is 10.2 Å². The number of fused-ring (bicyclic) bond motifs is 3. The first-order chi connectivity index (χ1) is 12.7. The molecule has 2 aliphatic rings. The lowest BCUT2D eigenvalue weighted by Crippen LogP contribution is -2.33. The van der Waals surface area contributed by atoms with Gasteiger partial charge >= 0.3 is 0 Å². The Morgan fingerprint density at radius 3 is 2.85 bits per heavy atom. The van der Waals surface area contributed by atoms with E-state index < -0.39 is 0 Å². The Labute approximate surface area is 154 Å². The van der Waals surface area contributed by atoms with Gasteiger partial charge in [-0.1, -0.05) is 18.2 Å². The molecule has 0 bridgehead atoms. The van der Waals surface area contributed by atoms with Crippen LogP contribution in [-0.4, -0.2) is 20.9 Å². The summed E-state index contributed by atoms with van der Waals surface area (Å²) in [5.41, 5.74) is 3.43. The molecule has 0 radical (unpaired) electrons. The number of rotatable bonds is 2. The predicted octanol–water partition coefficient (Wildman–Crippen LogP) is 4.40. The van der Waals surface area contributed by atoms with Crippen molar-refractivity contribution in [3.63, 3.8) is 0 Å². The van der Waals surface area contributed by atoms with Crippen molar-refractivity contribution in [2.75, 3.05) is 0 Å². The minimum Gasteiger partial charge on any atom is -0.508 e. The van der Waals surface area contributed by atoms with Crippen molar-refractivity contribution in [3.8, 4) is 17.2 Å². The second kappa shape index (κ2) is 5.78. The van der Waals surface area contributed by atoms with Crippen LogP contribution in [0, 0.1) is 0 Å². The molecule has 0 fully saturated rings. The number of hydrogen-bond acceptors (Lipinski definition) is 6. The third kappa shape index (κ3) is 2.34. The number of nitrogens with zero attached hydrogens (tertiary/aromatic N) is 2. The summed E-state index contributed by atoms with van der Waals surface area (Å²) >= 11 is 1.62. The standard InChI is InChI=1S/C20H16N2O3S/c23-13-5-6-18(24)15(9-13)16-10-17-14-3-1-2-4-19(14)25-20(22(17)21-16)12-7-8-26-11-12/h1-9,11,17,20,23-24H,10H2/t17-,20-/m1/s1. The van der Waals surface area contributed by atoms with E-state index in [-0.39, 0.29) is 23.8 Å². The summed E-state index contributed by atoms with van der Waals surface area (Å²) in [6.07, 6.45) is 0.330. The average Bonchev–Trinajstić information content (AvgIpc) is 3.33. The molecule has 3 heterocycles. The quantitative estimate of drug-likeness (QED) is 0.662. The molecule has 6 heteroatoms. The van der Waals surface area contributed by atoms with Crippen molar-refractivity contribution < 1.29 is 14.9 Å². The SMILES string of the molecule is Oc1ccc(O)c(C2=NN3[C@H](C2)c2ccccc2O[C@@H]3c2ccsc2)c1. The van der Waals surface area contributed by atoms with Crippen LogP contribution in [0.5, 0.6) is 17.2 Å². The lowest BCUT2D eigenvalue weighted by molar-refractivity contribution is -0.0187. The number of phenolic OH excluding ortho intramolecular Hbond substituents is 2. The fraction of sp³-hybridized carbons (Fsp3) is 0.150. The summed E-state index contributed by atoms with van der Waals surface area (Å²) in [6.45, 7) is 0. The summed E-state index contributed by atoms with van der Waals surface area (Å²) in [5, 5.41) is 30.9. The Bertz CT molecular complexity index is 1000. The largest absolute Gasteiger partial charge is 0.508 e. The summed E-state index contributed by atoms with van der Waals surface area (Å²) < 4.78 is 6.24. The zero-order valence-corrected chi connectivity index (χ0v) is 14.6. The van der Waals surface area contributed by atoms with Crippen molar-refractivity contribution in [2.24, 2.45) is 5.10 Å². The second-order valence-electron chi connectivity index (χ2n) is 6.41. The zero-order valence-electron chi connectivity index (χ0n) is 13.7. The van der Waals surface area contributed by atoms with Gasteiger partial charge in [0, 0.05) is 23.1 Å². The molecular formula is C20H16N2O3S. The third-order valence-electron chi connectivity index (χ3n) is 4.82. The molecule has 0 amide bonds. The van der Waals surface area contributed by atoms with E-state index in [4.69, 9.17) is 9.84 Å². The smallest absolute Gasteiger partial charge is 0.214 e. The number of para-hydroxylation sites is 1. The van der Waals surface area contributed by atoms with Gasteiger partial charge in [-0.25, -0.2) is 5.01 Å². The van der Waals surface area contributed by atoms with Crippen LogP contribution >= 0.6 is 11.3 Å². The molecule has 0 spiro atoms. The molecule has 26 heavy (non-hydrogen) atoms. The van der Waals surface area contributed by atoms with Crippen molar-refractivity contribution in [1.29, 1.82) is 0 Å². The van der Waals surface area contributed by atoms with E-state index in [1.807, 2.05) is 34.7 Å². The lowest BCUT2D eigenvalue weighted by atomic mass is 9.96. The van der Waals surface area contributed by atoms with Crippen LogP contribution in [0.25, 0.3) is 0 Å². The monoisotopic (exact) mass is 364 g/mol. The molecule has 5 nitrogen and oxygen atoms in total. The molecule has 130 valence electrons. The van der Waals surface area contributed by atoms with Gasteiger partial charge in [0.2, 0.25) is 6.23 Å². The van der Waals surface area contributed by atoms with E-state index in [0.29, 0.717) is 12.0 Å². The van der Waals surface area contributed by atoms with Crippen LogP contribution in [0.1, 0.15) is 35.4 Å². The summed E-state index contributed by atoms with van der Waals surface area (Å²) in [4.78, 5) is 0. The Kier molecular flexibility index (Phi) is 3.39. The Morgan fingerprint density at radius 1 is 1.12 bits per heavy atom. The molecule has 2 aliphatic heterocycles. The molecule has 0 aliphatic carbocycles. The summed E-state index contributed by atoms with van der Waals surface area (Å²) in [5.74, 6) is 1.08. The van der Waals surface area contributed by atoms with E-state index >= 15 is 0 Å². The van der Waals surface area contributed by atoms with Crippen LogP contribution in [0.4, 0.5) is 0 Å². The highest BCUT2D eigenvalue weighted by molar-refractivity contribution is 7.07. The molecule has 2 aromatic carbocycles. The molecular weight excluding hydrogens is 348 g/mol. The Balaban J connectivity index is 1.62. The van der Waals surface area contributed by atoms with Gasteiger partial charge in [-0.3, -0.25) is 0 Å². The molecule has 1 aromatic heterocycles. The van der Waals surface area contributed by atoms with Gasteiger partial charge in [0.25, 0.3) is 0 Å². The van der Waals surface area contributed by atoms with E-state index in [2.05, 4.69) is 11.4 Å². The molecule has 0 saturated carbocycles. The lowest BCUT2D eigenvalue weighted by Gasteiger charge is -2.37. The van der Waals surface area contributed by atoms with E-state index in [1.54, 1.807) is 17.4 Å². The van der Waals surface area contributed by atoms with Gasteiger partial charge in [0.15, 0.2) is 0 Å². The van der Waals surface area contributed by atoms with Gasteiger partial charge in [-0.05, 0) is 41.1 Å². The van der Waals surface area contributed by atoms with Gasteiger partial charge in [-0.2, -0.15) is 16.4 Å². The number of benzene rings is 2. The third-order valence-corrected chi connectivity index (χ3v) is 5.52.